The quantitative estimate of drug-likeness (QED) is 0.347. The van der Waals surface area contributed by atoms with Gasteiger partial charge in [0, 0.05) is 38.8 Å². The van der Waals surface area contributed by atoms with Gasteiger partial charge in [0.2, 0.25) is 0 Å². The van der Waals surface area contributed by atoms with Crippen molar-refractivity contribution in [3.8, 4) is 0 Å². The van der Waals surface area contributed by atoms with Crippen LogP contribution in [0.3, 0.4) is 0 Å². The molecule has 0 saturated heterocycles. The fraction of sp³-hybridized carbons (Fsp3) is 0.545. The van der Waals surface area contributed by atoms with Crippen molar-refractivity contribution in [1.29, 1.82) is 0 Å². The Balaban J connectivity index is 1.77. The molecule has 0 unspecified atom stereocenters. The number of benzene rings is 1. The number of carbonyl (C=O) groups is 1. The molecule has 0 radical (unpaired) electrons. The summed E-state index contributed by atoms with van der Waals surface area (Å²) in [5.41, 5.74) is 3.30. The average Bonchev–Trinajstić information content (AvgIpc) is 2.71. The number of allylic oxidation sites excluding steroid dienone is 1. The second-order valence-electron chi connectivity index (χ2n) is 7.47. The smallest absolute Gasteiger partial charge is 0.251 e. The Labute approximate surface area is 169 Å². The van der Waals surface area contributed by atoms with Crippen molar-refractivity contribution in [1.82, 2.24) is 20.9 Å². The van der Waals surface area contributed by atoms with Crippen LogP contribution in [-0.2, 0) is 6.54 Å². The number of nitrogens with one attached hydrogen (secondary N) is 3. The van der Waals surface area contributed by atoms with Crippen molar-refractivity contribution in [2.75, 3.05) is 40.8 Å². The van der Waals surface area contributed by atoms with E-state index in [1.54, 1.807) is 12.6 Å². The van der Waals surface area contributed by atoms with E-state index in [-0.39, 0.29) is 5.91 Å². The largest absolute Gasteiger partial charge is 0.356 e. The SMILES string of the molecule is CN=C(NCCC1=CCCCC1)NCc1cccc(C(=O)NCCN(C)C)c1. The van der Waals surface area contributed by atoms with E-state index in [9.17, 15) is 4.79 Å². The van der Waals surface area contributed by atoms with E-state index in [0.717, 1.165) is 31.0 Å². The van der Waals surface area contributed by atoms with Gasteiger partial charge in [-0.25, -0.2) is 0 Å². The molecular weight excluding hydrogens is 350 g/mol. The first kappa shape index (κ1) is 22.0. The molecule has 0 bridgehead atoms. The summed E-state index contributed by atoms with van der Waals surface area (Å²) < 4.78 is 0. The van der Waals surface area contributed by atoms with Gasteiger partial charge in [0.25, 0.3) is 5.91 Å². The van der Waals surface area contributed by atoms with Crippen molar-refractivity contribution in [3.63, 3.8) is 0 Å². The minimum Gasteiger partial charge on any atom is -0.356 e. The van der Waals surface area contributed by atoms with Gasteiger partial charge < -0.3 is 20.9 Å². The Bertz CT molecular complexity index is 681. The monoisotopic (exact) mass is 385 g/mol. The number of likely N-dealkylation sites (N-methyl/N-ethyl adjacent to an activating group) is 1. The van der Waals surface area contributed by atoms with Crippen LogP contribution in [0.25, 0.3) is 0 Å². The maximum absolute atomic E-state index is 12.3. The normalized spacial score (nSPS) is 14.6. The molecule has 2 rings (SSSR count). The van der Waals surface area contributed by atoms with Gasteiger partial charge in [0.15, 0.2) is 5.96 Å². The molecule has 6 nitrogen and oxygen atoms in total. The van der Waals surface area contributed by atoms with Gasteiger partial charge in [-0.3, -0.25) is 9.79 Å². The standard InChI is InChI=1S/C22H35N5O/c1-23-22(25-13-12-18-8-5-4-6-9-18)26-17-19-10-7-11-20(16-19)21(28)24-14-15-27(2)3/h7-8,10-11,16H,4-6,9,12-15,17H2,1-3H3,(H,24,28)(H2,23,25,26). The van der Waals surface area contributed by atoms with Crippen LogP contribution in [0.4, 0.5) is 0 Å². The lowest BCUT2D eigenvalue weighted by Crippen LogP contribution is -2.37. The topological polar surface area (TPSA) is 68.8 Å². The van der Waals surface area contributed by atoms with Crippen LogP contribution in [0.15, 0.2) is 40.9 Å². The molecule has 28 heavy (non-hydrogen) atoms. The van der Waals surface area contributed by atoms with Crippen LogP contribution >= 0.6 is 0 Å². The predicted molar refractivity (Wildman–Crippen MR) is 117 cm³/mol. The summed E-state index contributed by atoms with van der Waals surface area (Å²) in [5.74, 6) is 0.754. The predicted octanol–water partition coefficient (Wildman–Crippen LogP) is 2.53. The van der Waals surface area contributed by atoms with Crippen LogP contribution in [0, 0.1) is 0 Å². The van der Waals surface area contributed by atoms with Gasteiger partial charge in [-0.15, -0.1) is 0 Å². The molecule has 3 N–H and O–H groups in total. The molecule has 0 saturated carbocycles. The van der Waals surface area contributed by atoms with Gasteiger partial charge in [-0.1, -0.05) is 23.8 Å². The number of aliphatic imine (C=N–C) groups is 1. The summed E-state index contributed by atoms with van der Waals surface area (Å²) in [5, 5.41) is 9.66. The third-order valence-electron chi connectivity index (χ3n) is 4.84. The lowest BCUT2D eigenvalue weighted by atomic mass is 9.97. The highest BCUT2D eigenvalue weighted by molar-refractivity contribution is 5.94. The third kappa shape index (κ3) is 8.13. The van der Waals surface area contributed by atoms with E-state index in [1.165, 1.54) is 25.7 Å². The van der Waals surface area contributed by atoms with E-state index < -0.39 is 0 Å². The summed E-state index contributed by atoms with van der Waals surface area (Å²) in [6.45, 7) is 2.98. The number of carbonyl (C=O) groups excluding carboxylic acids is 1. The molecule has 1 aliphatic rings. The fourth-order valence-electron chi connectivity index (χ4n) is 3.20. The van der Waals surface area contributed by atoms with Crippen molar-refractivity contribution in [3.05, 3.63) is 47.0 Å². The minimum atomic E-state index is -0.0352. The molecule has 6 heteroatoms. The summed E-state index contributed by atoms with van der Waals surface area (Å²) in [6, 6.07) is 7.71. The van der Waals surface area contributed by atoms with Crippen molar-refractivity contribution >= 4 is 11.9 Å². The molecule has 0 fully saturated rings. The van der Waals surface area contributed by atoms with E-state index in [2.05, 4.69) is 27.0 Å². The Hall–Kier alpha value is -2.34. The summed E-state index contributed by atoms with van der Waals surface area (Å²) >= 11 is 0. The Morgan fingerprint density at radius 2 is 2.00 bits per heavy atom. The lowest BCUT2D eigenvalue weighted by molar-refractivity contribution is 0.0951. The number of amides is 1. The molecular formula is C22H35N5O. The van der Waals surface area contributed by atoms with E-state index >= 15 is 0 Å². The molecule has 1 aliphatic carbocycles. The van der Waals surface area contributed by atoms with Crippen LogP contribution < -0.4 is 16.0 Å². The minimum absolute atomic E-state index is 0.0352. The summed E-state index contributed by atoms with van der Waals surface area (Å²) in [7, 11) is 5.76. The maximum Gasteiger partial charge on any atom is 0.251 e. The molecule has 1 aromatic carbocycles. The third-order valence-corrected chi connectivity index (χ3v) is 4.84. The molecule has 154 valence electrons. The molecule has 1 aromatic rings. The molecule has 0 spiro atoms. The van der Waals surface area contributed by atoms with E-state index in [1.807, 2.05) is 43.3 Å². The zero-order chi connectivity index (χ0) is 20.2. The van der Waals surface area contributed by atoms with Crippen molar-refractivity contribution < 1.29 is 4.79 Å². The van der Waals surface area contributed by atoms with Gasteiger partial charge in [0.1, 0.15) is 0 Å². The highest BCUT2D eigenvalue weighted by Crippen LogP contribution is 2.19. The second kappa shape index (κ2) is 12.2. The van der Waals surface area contributed by atoms with Gasteiger partial charge in [-0.2, -0.15) is 0 Å². The Kier molecular flexibility index (Phi) is 9.55. The maximum atomic E-state index is 12.3. The average molecular weight is 386 g/mol. The molecule has 0 heterocycles. The molecule has 0 aliphatic heterocycles. The number of hydrogen-bond donors (Lipinski definition) is 3. The van der Waals surface area contributed by atoms with Gasteiger partial charge in [0.05, 0.1) is 0 Å². The summed E-state index contributed by atoms with van der Waals surface area (Å²) in [6.07, 6.45) is 8.56. The van der Waals surface area contributed by atoms with Crippen LogP contribution in [0.1, 0.15) is 48.0 Å². The second-order valence-corrected chi connectivity index (χ2v) is 7.47. The zero-order valence-electron chi connectivity index (χ0n) is 17.6. The number of rotatable bonds is 9. The fourth-order valence-corrected chi connectivity index (χ4v) is 3.20. The first-order valence-corrected chi connectivity index (χ1v) is 10.2. The van der Waals surface area contributed by atoms with Gasteiger partial charge in [-0.05, 0) is 63.9 Å². The van der Waals surface area contributed by atoms with Crippen LogP contribution in [0.2, 0.25) is 0 Å². The van der Waals surface area contributed by atoms with Crippen LogP contribution in [0.5, 0.6) is 0 Å². The highest BCUT2D eigenvalue weighted by Gasteiger charge is 2.07. The first-order valence-electron chi connectivity index (χ1n) is 10.2. The molecule has 1 amide bonds. The molecule has 0 aromatic heterocycles. The Morgan fingerprint density at radius 1 is 1.14 bits per heavy atom. The van der Waals surface area contributed by atoms with Crippen molar-refractivity contribution in [2.24, 2.45) is 4.99 Å². The number of guanidine groups is 1. The summed E-state index contributed by atoms with van der Waals surface area (Å²) in [4.78, 5) is 18.6. The molecule has 0 atom stereocenters. The zero-order valence-corrected chi connectivity index (χ0v) is 17.6. The number of hydrogen-bond acceptors (Lipinski definition) is 3. The van der Waals surface area contributed by atoms with Gasteiger partial charge >= 0.3 is 0 Å². The lowest BCUT2D eigenvalue weighted by Gasteiger charge is -2.15. The van der Waals surface area contributed by atoms with Crippen molar-refractivity contribution in [2.45, 2.75) is 38.6 Å². The van der Waals surface area contributed by atoms with E-state index in [0.29, 0.717) is 18.7 Å². The van der Waals surface area contributed by atoms with Crippen LogP contribution in [-0.4, -0.2) is 57.5 Å². The first-order chi connectivity index (χ1) is 13.6. The van der Waals surface area contributed by atoms with E-state index in [4.69, 9.17) is 0 Å². The highest BCUT2D eigenvalue weighted by atomic mass is 16.1. The Morgan fingerprint density at radius 3 is 2.71 bits per heavy atom. The number of nitrogens with zero attached hydrogens (tertiary/aromatic N) is 2.